The molecule has 112 valence electrons. The lowest BCUT2D eigenvalue weighted by molar-refractivity contribution is 0.403. The van der Waals surface area contributed by atoms with Crippen LogP contribution in [0.15, 0.2) is 18.2 Å². The van der Waals surface area contributed by atoms with E-state index in [9.17, 15) is 8.78 Å². The number of nitrogens with one attached hydrogen (secondary N) is 1. The molecule has 0 bridgehead atoms. The predicted octanol–water partition coefficient (Wildman–Crippen LogP) is 4.56. The molecule has 0 spiro atoms. The van der Waals surface area contributed by atoms with E-state index in [0.29, 0.717) is 10.8 Å². The Morgan fingerprint density at radius 2 is 1.55 bits per heavy atom. The monoisotopic (exact) mass is 300 g/mol. The summed E-state index contributed by atoms with van der Waals surface area (Å²) in [6.45, 7) is 5.97. The zero-order valence-corrected chi connectivity index (χ0v) is 12.9. The maximum Gasteiger partial charge on any atom is 0.173 e. The number of unbranched alkanes of at least 4 members (excludes halogenated alkanes) is 2. The van der Waals surface area contributed by atoms with Crippen molar-refractivity contribution in [3.8, 4) is 0 Å². The van der Waals surface area contributed by atoms with Crippen molar-refractivity contribution in [2.45, 2.75) is 39.5 Å². The van der Waals surface area contributed by atoms with Crippen molar-refractivity contribution in [3.05, 3.63) is 29.8 Å². The highest BCUT2D eigenvalue weighted by molar-refractivity contribution is 7.80. The Labute approximate surface area is 125 Å². The molecule has 1 N–H and O–H groups in total. The molecule has 0 saturated carbocycles. The molecule has 0 aliphatic carbocycles. The molecule has 1 aromatic carbocycles. The second kappa shape index (κ2) is 8.84. The summed E-state index contributed by atoms with van der Waals surface area (Å²) in [4.78, 5) is 2.06. The van der Waals surface area contributed by atoms with Crippen LogP contribution in [0.3, 0.4) is 0 Å². The minimum absolute atomic E-state index is 0.352. The van der Waals surface area contributed by atoms with Gasteiger partial charge in [-0.3, -0.25) is 0 Å². The van der Waals surface area contributed by atoms with E-state index >= 15 is 0 Å². The van der Waals surface area contributed by atoms with E-state index in [0.717, 1.165) is 44.8 Å². The number of benzene rings is 1. The van der Waals surface area contributed by atoms with Gasteiger partial charge in [0.2, 0.25) is 0 Å². The van der Waals surface area contributed by atoms with Crippen LogP contribution in [0.1, 0.15) is 39.5 Å². The Balaban J connectivity index is 2.68. The minimum atomic E-state index is -0.607. The lowest BCUT2D eigenvalue weighted by atomic mass is 10.2. The van der Waals surface area contributed by atoms with Crippen LogP contribution >= 0.6 is 12.2 Å². The fourth-order valence-electron chi connectivity index (χ4n) is 1.84. The van der Waals surface area contributed by atoms with Gasteiger partial charge >= 0.3 is 0 Å². The molecule has 2 nitrogen and oxygen atoms in total. The van der Waals surface area contributed by atoms with Gasteiger partial charge in [-0.25, -0.2) is 8.78 Å². The predicted molar refractivity (Wildman–Crippen MR) is 84.0 cm³/mol. The number of thiocarbonyl (C=S) groups is 1. The van der Waals surface area contributed by atoms with E-state index in [4.69, 9.17) is 12.2 Å². The number of anilines is 1. The molecule has 20 heavy (non-hydrogen) atoms. The maximum absolute atomic E-state index is 13.1. The molecule has 0 aromatic heterocycles. The van der Waals surface area contributed by atoms with E-state index in [1.165, 1.54) is 12.1 Å². The Morgan fingerprint density at radius 1 is 1.05 bits per heavy atom. The SMILES string of the molecule is CCCCN(CCCC)C(=S)Nc1cc(F)cc(F)c1. The molecular formula is C15H22F2N2S. The van der Waals surface area contributed by atoms with Crippen LogP contribution in [0.25, 0.3) is 0 Å². The number of hydrogen-bond donors (Lipinski definition) is 1. The first-order chi connectivity index (χ1) is 9.56. The second-order valence-electron chi connectivity index (χ2n) is 4.78. The van der Waals surface area contributed by atoms with Crippen LogP contribution in [0.5, 0.6) is 0 Å². The largest absolute Gasteiger partial charge is 0.349 e. The molecule has 0 aliphatic heterocycles. The van der Waals surface area contributed by atoms with Crippen LogP contribution < -0.4 is 5.32 Å². The van der Waals surface area contributed by atoms with Gasteiger partial charge in [0.15, 0.2) is 5.11 Å². The van der Waals surface area contributed by atoms with Crippen LogP contribution in [0.4, 0.5) is 14.5 Å². The average molecular weight is 300 g/mol. The van der Waals surface area contributed by atoms with E-state index < -0.39 is 11.6 Å². The van der Waals surface area contributed by atoms with Crippen LogP contribution in [-0.4, -0.2) is 23.1 Å². The first-order valence-electron chi connectivity index (χ1n) is 7.08. The normalized spacial score (nSPS) is 10.4. The highest BCUT2D eigenvalue weighted by atomic mass is 32.1. The van der Waals surface area contributed by atoms with Crippen LogP contribution in [-0.2, 0) is 0 Å². The number of hydrogen-bond acceptors (Lipinski definition) is 1. The molecule has 1 aromatic rings. The smallest absolute Gasteiger partial charge is 0.173 e. The molecule has 0 heterocycles. The second-order valence-corrected chi connectivity index (χ2v) is 5.17. The average Bonchev–Trinajstić information content (AvgIpc) is 2.37. The molecule has 5 heteroatoms. The van der Waals surface area contributed by atoms with Crippen molar-refractivity contribution in [1.82, 2.24) is 4.90 Å². The van der Waals surface area contributed by atoms with Crippen molar-refractivity contribution in [2.75, 3.05) is 18.4 Å². The summed E-state index contributed by atoms with van der Waals surface area (Å²) in [5.41, 5.74) is 0.352. The van der Waals surface area contributed by atoms with E-state index in [1.54, 1.807) is 0 Å². The summed E-state index contributed by atoms with van der Waals surface area (Å²) in [7, 11) is 0. The third-order valence-electron chi connectivity index (χ3n) is 2.96. The molecule has 0 atom stereocenters. The van der Waals surface area contributed by atoms with Gasteiger partial charge in [0, 0.05) is 24.8 Å². The summed E-state index contributed by atoms with van der Waals surface area (Å²) >= 11 is 5.34. The molecule has 1 rings (SSSR count). The number of rotatable bonds is 7. The van der Waals surface area contributed by atoms with Crippen LogP contribution in [0, 0.1) is 11.6 Å². The van der Waals surface area contributed by atoms with Gasteiger partial charge in [-0.15, -0.1) is 0 Å². The zero-order chi connectivity index (χ0) is 15.0. The van der Waals surface area contributed by atoms with Crippen molar-refractivity contribution in [1.29, 1.82) is 0 Å². The highest BCUT2D eigenvalue weighted by Gasteiger charge is 2.10. The minimum Gasteiger partial charge on any atom is -0.349 e. The Hall–Kier alpha value is -1.23. The third kappa shape index (κ3) is 5.82. The summed E-state index contributed by atoms with van der Waals surface area (Å²) in [5, 5.41) is 3.44. The molecule has 0 amide bonds. The Kier molecular flexibility index (Phi) is 7.44. The molecule has 0 unspecified atom stereocenters. The third-order valence-corrected chi connectivity index (χ3v) is 3.32. The van der Waals surface area contributed by atoms with Crippen LogP contribution in [0.2, 0.25) is 0 Å². The summed E-state index contributed by atoms with van der Waals surface area (Å²) in [6.07, 6.45) is 4.26. The van der Waals surface area contributed by atoms with Crippen molar-refractivity contribution in [3.63, 3.8) is 0 Å². The van der Waals surface area contributed by atoms with Crippen molar-refractivity contribution < 1.29 is 8.78 Å². The van der Waals surface area contributed by atoms with Gasteiger partial charge in [-0.2, -0.15) is 0 Å². The molecule has 0 saturated heterocycles. The summed E-state index contributed by atoms with van der Waals surface area (Å²) in [6, 6.07) is 3.33. The quantitative estimate of drug-likeness (QED) is 0.743. The molecule has 0 aliphatic rings. The first-order valence-corrected chi connectivity index (χ1v) is 7.49. The fourth-order valence-corrected chi connectivity index (χ4v) is 2.14. The summed E-state index contributed by atoms with van der Waals surface area (Å²) in [5.74, 6) is -1.21. The van der Waals surface area contributed by atoms with Gasteiger partial charge in [0.1, 0.15) is 11.6 Å². The van der Waals surface area contributed by atoms with Gasteiger partial charge in [0.05, 0.1) is 0 Å². The maximum atomic E-state index is 13.1. The zero-order valence-electron chi connectivity index (χ0n) is 12.1. The molecule has 0 fully saturated rings. The van der Waals surface area contributed by atoms with Crippen molar-refractivity contribution in [2.24, 2.45) is 0 Å². The van der Waals surface area contributed by atoms with Gasteiger partial charge in [-0.1, -0.05) is 26.7 Å². The van der Waals surface area contributed by atoms with Gasteiger partial charge in [0.25, 0.3) is 0 Å². The van der Waals surface area contributed by atoms with Gasteiger partial charge in [-0.05, 0) is 37.2 Å². The summed E-state index contributed by atoms with van der Waals surface area (Å²) < 4.78 is 26.3. The number of nitrogens with zero attached hydrogens (tertiary/aromatic N) is 1. The highest BCUT2D eigenvalue weighted by Crippen LogP contribution is 2.14. The first kappa shape index (κ1) is 16.8. The van der Waals surface area contributed by atoms with Gasteiger partial charge < -0.3 is 10.2 Å². The molecule has 0 radical (unpaired) electrons. The Morgan fingerprint density at radius 3 is 2.00 bits per heavy atom. The Bertz CT molecular complexity index is 410. The molecular weight excluding hydrogens is 278 g/mol. The fraction of sp³-hybridized carbons (Fsp3) is 0.533. The van der Waals surface area contributed by atoms with E-state index in [2.05, 4.69) is 24.1 Å². The standard InChI is InChI=1S/C15H22F2N2S/c1-3-5-7-19(8-6-4-2)15(20)18-14-10-12(16)9-13(17)11-14/h9-11H,3-8H2,1-2H3,(H,18,20). The van der Waals surface area contributed by atoms with Crippen molar-refractivity contribution >= 4 is 23.0 Å². The lowest BCUT2D eigenvalue weighted by Gasteiger charge is -2.25. The van der Waals surface area contributed by atoms with E-state index in [-0.39, 0.29) is 0 Å². The lowest BCUT2D eigenvalue weighted by Crippen LogP contribution is -2.36. The van der Waals surface area contributed by atoms with E-state index in [1.807, 2.05) is 0 Å². The number of halogens is 2. The topological polar surface area (TPSA) is 15.3 Å².